The van der Waals surface area contributed by atoms with Crippen molar-refractivity contribution in [1.29, 1.82) is 0 Å². The Hall–Kier alpha value is -3.09. The van der Waals surface area contributed by atoms with Crippen molar-refractivity contribution < 1.29 is 19.7 Å². The molecule has 3 rings (SSSR count). The molecule has 2 aromatic carbocycles. The van der Waals surface area contributed by atoms with Crippen LogP contribution in [0.5, 0.6) is 17.2 Å². The van der Waals surface area contributed by atoms with Crippen molar-refractivity contribution in [3.05, 3.63) is 39.4 Å². The fourth-order valence-corrected chi connectivity index (χ4v) is 2.04. The highest BCUT2D eigenvalue weighted by Gasteiger charge is 2.15. The van der Waals surface area contributed by atoms with Gasteiger partial charge in [0.05, 0.1) is 10.8 Å². The smallest absolute Gasteiger partial charge is 0.202 e. The van der Waals surface area contributed by atoms with Crippen LogP contribution in [0.2, 0.25) is 0 Å². The molecule has 3 aromatic rings. The van der Waals surface area contributed by atoms with E-state index in [2.05, 4.69) is 5.18 Å². The summed E-state index contributed by atoms with van der Waals surface area (Å²) in [5, 5.41) is 30.9. The SMILES string of the molecule is O=Nc1cc(O)cc2oc3cc(O)c(O)cc3c(=O)c12. The van der Waals surface area contributed by atoms with Crippen LogP contribution in [-0.2, 0) is 0 Å². The summed E-state index contributed by atoms with van der Waals surface area (Å²) in [6.45, 7) is 0. The highest BCUT2D eigenvalue weighted by atomic mass is 16.3. The molecule has 0 fully saturated rings. The molecule has 7 heteroatoms. The Bertz CT molecular complexity index is 928. The Morgan fingerprint density at radius 2 is 1.65 bits per heavy atom. The van der Waals surface area contributed by atoms with E-state index in [1.165, 1.54) is 0 Å². The van der Waals surface area contributed by atoms with Gasteiger partial charge >= 0.3 is 0 Å². The van der Waals surface area contributed by atoms with Gasteiger partial charge in [0.2, 0.25) is 5.43 Å². The number of nitrogens with zero attached hydrogens (tertiary/aromatic N) is 1. The van der Waals surface area contributed by atoms with Crippen molar-refractivity contribution in [2.24, 2.45) is 5.18 Å². The van der Waals surface area contributed by atoms with Crippen molar-refractivity contribution in [3.8, 4) is 17.2 Å². The normalized spacial score (nSPS) is 11.0. The quantitative estimate of drug-likeness (QED) is 0.356. The lowest BCUT2D eigenvalue weighted by atomic mass is 10.1. The van der Waals surface area contributed by atoms with E-state index in [1.807, 2.05) is 0 Å². The minimum absolute atomic E-state index is 0.0108. The molecule has 0 radical (unpaired) electrons. The lowest BCUT2D eigenvalue weighted by Gasteiger charge is -2.05. The minimum Gasteiger partial charge on any atom is -0.508 e. The summed E-state index contributed by atoms with van der Waals surface area (Å²) in [7, 11) is 0. The minimum atomic E-state index is -0.592. The zero-order valence-corrected chi connectivity index (χ0v) is 9.82. The number of rotatable bonds is 1. The maximum absolute atomic E-state index is 12.3. The lowest BCUT2D eigenvalue weighted by molar-refractivity contribution is 0.404. The number of hydrogen-bond acceptors (Lipinski definition) is 7. The molecule has 0 unspecified atom stereocenters. The summed E-state index contributed by atoms with van der Waals surface area (Å²) < 4.78 is 5.36. The van der Waals surface area contributed by atoms with Gasteiger partial charge in [0.15, 0.2) is 11.5 Å². The Morgan fingerprint density at radius 3 is 2.35 bits per heavy atom. The molecule has 0 saturated carbocycles. The van der Waals surface area contributed by atoms with Crippen molar-refractivity contribution in [2.45, 2.75) is 0 Å². The second-order valence-electron chi connectivity index (χ2n) is 4.20. The van der Waals surface area contributed by atoms with Gasteiger partial charge in [0, 0.05) is 18.2 Å². The highest BCUT2D eigenvalue weighted by molar-refractivity contribution is 5.97. The molecule has 100 valence electrons. The van der Waals surface area contributed by atoms with E-state index >= 15 is 0 Å². The molecule has 0 saturated heterocycles. The molecule has 0 aliphatic rings. The summed E-state index contributed by atoms with van der Waals surface area (Å²) in [4.78, 5) is 23.1. The Balaban J connectivity index is 2.61. The first-order chi connectivity index (χ1) is 9.51. The van der Waals surface area contributed by atoms with Gasteiger partial charge in [-0.2, -0.15) is 0 Å². The molecule has 1 heterocycles. The summed E-state index contributed by atoms with van der Waals surface area (Å²) >= 11 is 0. The molecule has 0 aliphatic carbocycles. The summed E-state index contributed by atoms with van der Waals surface area (Å²) in [5.74, 6) is -1.21. The van der Waals surface area contributed by atoms with E-state index in [4.69, 9.17) is 4.42 Å². The van der Waals surface area contributed by atoms with Crippen LogP contribution in [-0.4, -0.2) is 15.3 Å². The Morgan fingerprint density at radius 1 is 0.950 bits per heavy atom. The van der Waals surface area contributed by atoms with Crippen LogP contribution < -0.4 is 5.43 Å². The van der Waals surface area contributed by atoms with Crippen molar-refractivity contribution in [3.63, 3.8) is 0 Å². The molecule has 7 nitrogen and oxygen atoms in total. The maximum Gasteiger partial charge on any atom is 0.202 e. The topological polar surface area (TPSA) is 120 Å². The van der Waals surface area contributed by atoms with Gasteiger partial charge in [-0.15, -0.1) is 4.91 Å². The van der Waals surface area contributed by atoms with Gasteiger partial charge < -0.3 is 19.7 Å². The average molecular weight is 273 g/mol. The van der Waals surface area contributed by atoms with Gasteiger partial charge in [-0.05, 0) is 11.2 Å². The number of nitroso groups, excluding NO2 is 1. The molecule has 20 heavy (non-hydrogen) atoms. The Labute approximate surface area is 110 Å². The van der Waals surface area contributed by atoms with Crippen molar-refractivity contribution >= 4 is 27.6 Å². The third-order valence-corrected chi connectivity index (χ3v) is 2.93. The molecule has 3 N–H and O–H groups in total. The second kappa shape index (κ2) is 3.95. The molecule has 0 spiro atoms. The molecule has 0 atom stereocenters. The third kappa shape index (κ3) is 1.57. The molecular formula is C13H7NO6. The number of benzene rings is 2. The predicted octanol–water partition coefficient (Wildman–Crippen LogP) is 2.46. The van der Waals surface area contributed by atoms with Crippen LogP contribution in [0, 0.1) is 4.91 Å². The van der Waals surface area contributed by atoms with E-state index in [9.17, 15) is 25.0 Å². The molecule has 0 amide bonds. The second-order valence-corrected chi connectivity index (χ2v) is 4.20. The van der Waals surface area contributed by atoms with Crippen LogP contribution in [0.1, 0.15) is 0 Å². The number of phenolic OH excluding ortho intramolecular Hbond substituents is 3. The molecule has 0 bridgehead atoms. The predicted molar refractivity (Wildman–Crippen MR) is 70.4 cm³/mol. The fourth-order valence-electron chi connectivity index (χ4n) is 2.04. The van der Waals surface area contributed by atoms with E-state index in [1.54, 1.807) is 0 Å². The van der Waals surface area contributed by atoms with Crippen LogP contribution in [0.25, 0.3) is 21.9 Å². The van der Waals surface area contributed by atoms with E-state index in [0.29, 0.717) is 0 Å². The van der Waals surface area contributed by atoms with Crippen LogP contribution in [0.4, 0.5) is 5.69 Å². The van der Waals surface area contributed by atoms with Gasteiger partial charge in [-0.1, -0.05) is 0 Å². The summed E-state index contributed by atoms with van der Waals surface area (Å²) in [5.41, 5.74) is -0.878. The first-order valence-corrected chi connectivity index (χ1v) is 5.50. The number of fused-ring (bicyclic) bond motifs is 2. The fraction of sp³-hybridized carbons (Fsp3) is 0. The lowest BCUT2D eigenvalue weighted by Crippen LogP contribution is -2.02. The zero-order valence-electron chi connectivity index (χ0n) is 9.82. The number of aromatic hydroxyl groups is 3. The average Bonchev–Trinajstić information content (AvgIpc) is 2.40. The monoisotopic (exact) mass is 273 g/mol. The van der Waals surface area contributed by atoms with Crippen LogP contribution in [0.15, 0.2) is 38.7 Å². The van der Waals surface area contributed by atoms with Gasteiger partial charge in [0.1, 0.15) is 22.6 Å². The first kappa shape index (κ1) is 12.0. The molecule has 0 aliphatic heterocycles. The maximum atomic E-state index is 12.3. The highest BCUT2D eigenvalue weighted by Crippen LogP contribution is 2.34. The third-order valence-electron chi connectivity index (χ3n) is 2.93. The van der Waals surface area contributed by atoms with Gasteiger partial charge in [0.25, 0.3) is 0 Å². The van der Waals surface area contributed by atoms with Crippen molar-refractivity contribution in [2.75, 3.05) is 0 Å². The van der Waals surface area contributed by atoms with Gasteiger partial charge in [-0.3, -0.25) is 4.79 Å². The number of phenols is 3. The van der Waals surface area contributed by atoms with E-state index in [0.717, 1.165) is 24.3 Å². The van der Waals surface area contributed by atoms with Crippen LogP contribution in [0.3, 0.4) is 0 Å². The summed E-state index contributed by atoms with van der Waals surface area (Å²) in [6.07, 6.45) is 0. The Kier molecular flexibility index (Phi) is 2.37. The van der Waals surface area contributed by atoms with Crippen LogP contribution >= 0.6 is 0 Å². The molecule has 1 aromatic heterocycles. The standard InChI is InChI=1S/C13H7NO6/c15-5-1-7(14-19)12-11(2-5)20-10-4-9(17)8(16)3-6(10)13(12)18/h1-4,15-17H. The number of hydrogen-bond donors (Lipinski definition) is 3. The van der Waals surface area contributed by atoms with E-state index in [-0.39, 0.29) is 33.4 Å². The first-order valence-electron chi connectivity index (χ1n) is 5.50. The van der Waals surface area contributed by atoms with E-state index < -0.39 is 16.9 Å². The molecular weight excluding hydrogens is 266 g/mol. The summed E-state index contributed by atoms with van der Waals surface area (Å²) in [6, 6.07) is 4.31. The van der Waals surface area contributed by atoms with Crippen molar-refractivity contribution in [1.82, 2.24) is 0 Å². The largest absolute Gasteiger partial charge is 0.508 e. The van der Waals surface area contributed by atoms with Gasteiger partial charge in [-0.25, -0.2) is 0 Å². The zero-order chi connectivity index (χ0) is 14.4.